The van der Waals surface area contributed by atoms with E-state index in [1.54, 1.807) is 0 Å². The van der Waals surface area contributed by atoms with Gasteiger partial charge in [0.1, 0.15) is 0 Å². The molecule has 0 N–H and O–H groups in total. The van der Waals surface area contributed by atoms with Crippen LogP contribution in [0.1, 0.15) is 25.3 Å². The number of para-hydroxylation sites is 1. The molecule has 0 bridgehead atoms. The van der Waals surface area contributed by atoms with Gasteiger partial charge in [-0.2, -0.15) is 0 Å². The van der Waals surface area contributed by atoms with Crippen molar-refractivity contribution >= 4 is 34.1 Å². The lowest BCUT2D eigenvalue weighted by atomic mass is 9.92. The summed E-state index contributed by atoms with van der Waals surface area (Å²) in [4.78, 5) is 4.50. The Balaban J connectivity index is 2.27. The van der Waals surface area contributed by atoms with Crippen LogP contribution in [-0.2, 0) is 0 Å². The van der Waals surface area contributed by atoms with Gasteiger partial charge >= 0.3 is 0 Å². The molecule has 1 atom stereocenters. The minimum atomic E-state index is 0.0350. The van der Waals surface area contributed by atoms with Gasteiger partial charge in [0, 0.05) is 27.6 Å². The van der Waals surface area contributed by atoms with Crippen LogP contribution in [0.25, 0.3) is 10.9 Å². The Morgan fingerprint density at radius 2 is 1.79 bits per heavy atom. The number of halogens is 2. The standard InChI is InChI=1S/C16H13Cl2N/c1-9-13(15(18)10(2)14(9)17)12-7-3-5-11-6-4-8-19-16(11)12/h3-8,13H,1-2H3. The van der Waals surface area contributed by atoms with Crippen LogP contribution in [0.3, 0.4) is 0 Å². The van der Waals surface area contributed by atoms with Gasteiger partial charge in [-0.25, -0.2) is 0 Å². The van der Waals surface area contributed by atoms with Crippen molar-refractivity contribution in [3.8, 4) is 0 Å². The van der Waals surface area contributed by atoms with Gasteiger partial charge in [-0.3, -0.25) is 4.98 Å². The van der Waals surface area contributed by atoms with E-state index in [0.717, 1.165) is 37.7 Å². The van der Waals surface area contributed by atoms with Gasteiger partial charge < -0.3 is 0 Å². The molecule has 3 heteroatoms. The first kappa shape index (κ1) is 12.7. The van der Waals surface area contributed by atoms with E-state index in [9.17, 15) is 0 Å². The van der Waals surface area contributed by atoms with Crippen molar-refractivity contribution in [2.75, 3.05) is 0 Å². The lowest BCUT2D eigenvalue weighted by Gasteiger charge is -2.15. The number of nitrogens with zero attached hydrogens (tertiary/aromatic N) is 1. The third kappa shape index (κ3) is 1.89. The maximum atomic E-state index is 6.48. The largest absolute Gasteiger partial charge is 0.256 e. The number of benzene rings is 1. The maximum absolute atomic E-state index is 6.48. The number of fused-ring (bicyclic) bond motifs is 1. The van der Waals surface area contributed by atoms with Crippen LogP contribution in [0.5, 0.6) is 0 Å². The fourth-order valence-electron chi connectivity index (χ4n) is 2.66. The van der Waals surface area contributed by atoms with Crippen LogP contribution in [0.2, 0.25) is 0 Å². The van der Waals surface area contributed by atoms with Crippen LogP contribution >= 0.6 is 23.2 Å². The number of rotatable bonds is 1. The maximum Gasteiger partial charge on any atom is 0.0743 e. The zero-order chi connectivity index (χ0) is 13.6. The second kappa shape index (κ2) is 4.66. The van der Waals surface area contributed by atoms with Crippen LogP contribution in [0.4, 0.5) is 0 Å². The average molecular weight is 290 g/mol. The summed E-state index contributed by atoms with van der Waals surface area (Å²) in [6.45, 7) is 4.00. The van der Waals surface area contributed by atoms with Gasteiger partial charge in [-0.15, -0.1) is 0 Å². The Hall–Kier alpha value is -1.31. The Morgan fingerprint density at radius 1 is 1.05 bits per heavy atom. The highest BCUT2D eigenvalue weighted by molar-refractivity contribution is 6.38. The molecular weight excluding hydrogens is 277 g/mol. The Morgan fingerprint density at radius 3 is 2.47 bits per heavy atom. The van der Waals surface area contributed by atoms with Gasteiger partial charge in [-0.1, -0.05) is 47.5 Å². The second-order valence-corrected chi connectivity index (χ2v) is 5.61. The van der Waals surface area contributed by atoms with E-state index in [1.807, 2.05) is 32.2 Å². The van der Waals surface area contributed by atoms with Gasteiger partial charge in [0.2, 0.25) is 0 Å². The lowest BCUT2D eigenvalue weighted by Crippen LogP contribution is -2.00. The molecule has 1 heterocycles. The molecule has 1 aliphatic carbocycles. The molecule has 2 aromatic rings. The highest BCUT2D eigenvalue weighted by atomic mass is 35.5. The predicted molar refractivity (Wildman–Crippen MR) is 81.6 cm³/mol. The zero-order valence-electron chi connectivity index (χ0n) is 10.7. The minimum Gasteiger partial charge on any atom is -0.256 e. The molecule has 1 aromatic carbocycles. The van der Waals surface area contributed by atoms with Crippen LogP contribution < -0.4 is 0 Å². The first-order valence-electron chi connectivity index (χ1n) is 6.18. The number of pyridine rings is 1. The summed E-state index contributed by atoms with van der Waals surface area (Å²) in [5, 5.41) is 2.71. The van der Waals surface area contributed by atoms with Gasteiger partial charge in [-0.05, 0) is 36.6 Å². The highest BCUT2D eigenvalue weighted by Crippen LogP contribution is 2.47. The van der Waals surface area contributed by atoms with E-state index in [2.05, 4.69) is 23.2 Å². The van der Waals surface area contributed by atoms with Crippen molar-refractivity contribution in [2.45, 2.75) is 19.8 Å². The van der Waals surface area contributed by atoms with Gasteiger partial charge in [0.05, 0.1) is 5.52 Å². The first-order chi connectivity index (χ1) is 9.11. The molecule has 1 unspecified atom stereocenters. The summed E-state index contributed by atoms with van der Waals surface area (Å²) in [6, 6.07) is 10.2. The number of allylic oxidation sites excluding steroid dienone is 4. The quantitative estimate of drug-likeness (QED) is 0.689. The normalized spacial score (nSPS) is 19.7. The minimum absolute atomic E-state index is 0.0350. The summed E-state index contributed by atoms with van der Waals surface area (Å²) < 4.78 is 0. The van der Waals surface area contributed by atoms with E-state index >= 15 is 0 Å². The fraction of sp³-hybridized carbons (Fsp3) is 0.188. The SMILES string of the molecule is CC1=C(Cl)C(c2cccc3cccnc23)C(C)=C1Cl. The molecule has 1 nitrogen and oxygen atoms in total. The molecule has 0 spiro atoms. The molecule has 96 valence electrons. The van der Waals surface area contributed by atoms with Crippen LogP contribution in [0.15, 0.2) is 57.7 Å². The summed E-state index contributed by atoms with van der Waals surface area (Å²) in [6.07, 6.45) is 1.81. The lowest BCUT2D eigenvalue weighted by molar-refractivity contribution is 0.997. The third-order valence-corrected chi connectivity index (χ3v) is 4.78. The number of aromatic nitrogens is 1. The Bertz CT molecular complexity index is 699. The summed E-state index contributed by atoms with van der Waals surface area (Å²) in [7, 11) is 0. The van der Waals surface area contributed by atoms with E-state index in [-0.39, 0.29) is 5.92 Å². The number of hydrogen-bond acceptors (Lipinski definition) is 1. The molecule has 0 saturated heterocycles. The van der Waals surface area contributed by atoms with Crippen molar-refractivity contribution in [3.05, 3.63) is 63.3 Å². The first-order valence-corrected chi connectivity index (χ1v) is 6.93. The molecule has 1 aromatic heterocycles. The molecule has 0 radical (unpaired) electrons. The summed E-state index contributed by atoms with van der Waals surface area (Å²) in [5.74, 6) is 0.0350. The van der Waals surface area contributed by atoms with E-state index in [4.69, 9.17) is 23.2 Å². The second-order valence-electron chi connectivity index (χ2n) is 4.83. The molecular formula is C16H13Cl2N. The predicted octanol–water partition coefficient (Wildman–Crippen LogP) is 5.36. The van der Waals surface area contributed by atoms with E-state index in [0.29, 0.717) is 0 Å². The van der Waals surface area contributed by atoms with E-state index in [1.165, 1.54) is 0 Å². The van der Waals surface area contributed by atoms with Gasteiger partial charge in [0.25, 0.3) is 0 Å². The average Bonchev–Trinajstić information content (AvgIpc) is 2.63. The Kier molecular flexibility index (Phi) is 3.12. The molecule has 3 rings (SSSR count). The molecule has 1 aliphatic rings. The smallest absolute Gasteiger partial charge is 0.0743 e. The molecule has 0 saturated carbocycles. The Labute approximate surface area is 122 Å². The van der Waals surface area contributed by atoms with Crippen LogP contribution in [0, 0.1) is 0 Å². The molecule has 0 amide bonds. The summed E-state index contributed by atoms with van der Waals surface area (Å²) in [5.41, 5.74) is 4.18. The number of hydrogen-bond donors (Lipinski definition) is 0. The van der Waals surface area contributed by atoms with Crippen LogP contribution in [-0.4, -0.2) is 4.98 Å². The van der Waals surface area contributed by atoms with Gasteiger partial charge in [0.15, 0.2) is 0 Å². The highest BCUT2D eigenvalue weighted by Gasteiger charge is 2.30. The zero-order valence-corrected chi connectivity index (χ0v) is 12.3. The molecule has 0 aliphatic heterocycles. The van der Waals surface area contributed by atoms with E-state index < -0.39 is 0 Å². The van der Waals surface area contributed by atoms with Crippen molar-refractivity contribution in [3.63, 3.8) is 0 Å². The summed E-state index contributed by atoms with van der Waals surface area (Å²) >= 11 is 12.8. The monoisotopic (exact) mass is 289 g/mol. The third-order valence-electron chi connectivity index (χ3n) is 3.70. The van der Waals surface area contributed by atoms with Crippen molar-refractivity contribution in [2.24, 2.45) is 0 Å². The molecule has 0 fully saturated rings. The van der Waals surface area contributed by atoms with Crippen molar-refractivity contribution < 1.29 is 0 Å². The van der Waals surface area contributed by atoms with Crippen molar-refractivity contribution in [1.82, 2.24) is 4.98 Å². The fourth-order valence-corrected chi connectivity index (χ4v) is 3.30. The molecule has 19 heavy (non-hydrogen) atoms. The topological polar surface area (TPSA) is 12.9 Å². The van der Waals surface area contributed by atoms with Crippen molar-refractivity contribution in [1.29, 1.82) is 0 Å².